The molecular weight excluding hydrogens is 524 g/mol. The molecule has 2 heterocycles. The SMILES string of the molecule is O=CN(Cc1cccnc1)CN1CCC[C@@H](OCc2cc(C(F)(F)F)cc(C(F)(F)F)c2)[C@H]1c1ccccc1. The number of hydrogen-bond donors (Lipinski definition) is 0. The lowest BCUT2D eigenvalue weighted by Crippen LogP contribution is -2.47. The average Bonchev–Trinajstić information content (AvgIpc) is 2.91. The summed E-state index contributed by atoms with van der Waals surface area (Å²) in [6.07, 6.45) is -5.15. The predicted octanol–water partition coefficient (Wildman–Crippen LogP) is 6.46. The molecule has 5 nitrogen and oxygen atoms in total. The van der Waals surface area contributed by atoms with Gasteiger partial charge in [-0.15, -0.1) is 0 Å². The highest BCUT2D eigenvalue weighted by molar-refractivity contribution is 5.47. The quantitative estimate of drug-likeness (QED) is 0.226. The Balaban J connectivity index is 1.57. The first kappa shape index (κ1) is 28.6. The van der Waals surface area contributed by atoms with Gasteiger partial charge in [0.05, 0.1) is 36.5 Å². The van der Waals surface area contributed by atoms with Gasteiger partial charge in [0.2, 0.25) is 6.41 Å². The summed E-state index contributed by atoms with van der Waals surface area (Å²) in [6.45, 7) is 0.769. The number of hydrogen-bond acceptors (Lipinski definition) is 4. The number of amides is 1. The van der Waals surface area contributed by atoms with Crippen LogP contribution in [0.3, 0.4) is 0 Å². The number of benzene rings is 2. The van der Waals surface area contributed by atoms with Crippen LogP contribution in [-0.4, -0.2) is 40.5 Å². The number of likely N-dealkylation sites (tertiary alicyclic amines) is 1. The first-order valence-electron chi connectivity index (χ1n) is 12.3. The van der Waals surface area contributed by atoms with Crippen LogP contribution in [0.1, 0.15) is 46.7 Å². The highest BCUT2D eigenvalue weighted by atomic mass is 19.4. The molecule has 1 amide bonds. The van der Waals surface area contributed by atoms with Crippen molar-refractivity contribution in [1.29, 1.82) is 0 Å². The normalized spacial score (nSPS) is 18.6. The minimum atomic E-state index is -4.93. The number of ether oxygens (including phenoxy) is 1. The molecule has 0 unspecified atom stereocenters. The lowest BCUT2D eigenvalue weighted by atomic mass is 9.92. The van der Waals surface area contributed by atoms with Crippen molar-refractivity contribution in [2.24, 2.45) is 0 Å². The number of carbonyl (C=O) groups excluding carboxylic acids is 1. The Kier molecular flexibility index (Phi) is 8.91. The summed E-state index contributed by atoms with van der Waals surface area (Å²) in [4.78, 5) is 19.6. The Morgan fingerprint density at radius 2 is 1.64 bits per heavy atom. The minimum Gasteiger partial charge on any atom is -0.372 e. The summed E-state index contributed by atoms with van der Waals surface area (Å²) >= 11 is 0. The zero-order chi connectivity index (χ0) is 28.0. The highest BCUT2D eigenvalue weighted by Gasteiger charge is 2.38. The molecule has 3 aromatic rings. The van der Waals surface area contributed by atoms with Crippen LogP contribution >= 0.6 is 0 Å². The Morgan fingerprint density at radius 3 is 2.23 bits per heavy atom. The van der Waals surface area contributed by atoms with Gasteiger partial charge >= 0.3 is 12.4 Å². The van der Waals surface area contributed by atoms with Crippen LogP contribution in [0.5, 0.6) is 0 Å². The molecule has 0 radical (unpaired) electrons. The zero-order valence-electron chi connectivity index (χ0n) is 20.8. The maximum atomic E-state index is 13.3. The van der Waals surface area contributed by atoms with Crippen molar-refractivity contribution in [1.82, 2.24) is 14.8 Å². The Bertz CT molecular complexity index is 1190. The monoisotopic (exact) mass is 551 g/mol. The molecule has 208 valence electrons. The van der Waals surface area contributed by atoms with Gasteiger partial charge in [0, 0.05) is 25.5 Å². The maximum Gasteiger partial charge on any atom is 0.416 e. The van der Waals surface area contributed by atoms with E-state index < -0.39 is 36.2 Å². The number of pyridine rings is 1. The number of rotatable bonds is 9. The summed E-state index contributed by atoms with van der Waals surface area (Å²) in [6, 6.07) is 14.0. The largest absolute Gasteiger partial charge is 0.416 e. The molecule has 2 aromatic carbocycles. The molecule has 2 atom stereocenters. The van der Waals surface area contributed by atoms with Crippen molar-refractivity contribution in [3.8, 4) is 0 Å². The van der Waals surface area contributed by atoms with Crippen LogP contribution in [-0.2, 0) is 35.0 Å². The number of carbonyl (C=O) groups is 1. The number of alkyl halides is 6. The number of nitrogens with zero attached hydrogens (tertiary/aromatic N) is 3. The van der Waals surface area contributed by atoms with Crippen LogP contribution < -0.4 is 0 Å². The van der Waals surface area contributed by atoms with Gasteiger partial charge in [0.15, 0.2) is 0 Å². The standard InChI is InChI=1S/C28H27F6N3O2/c29-27(30,31)23-12-21(13-24(14-23)28(32,33)34)17-39-25-9-5-11-37(26(25)22-7-2-1-3-8-22)18-36(19-38)16-20-6-4-10-35-15-20/h1-4,6-8,10,12-15,19,25-26H,5,9,11,16-18H2/t25-,26-/m1/s1. The molecule has 11 heteroatoms. The van der Waals surface area contributed by atoms with Gasteiger partial charge in [-0.1, -0.05) is 36.4 Å². The van der Waals surface area contributed by atoms with E-state index in [1.54, 1.807) is 23.4 Å². The molecule has 39 heavy (non-hydrogen) atoms. The van der Waals surface area contributed by atoms with Crippen molar-refractivity contribution < 1.29 is 35.9 Å². The van der Waals surface area contributed by atoms with E-state index in [1.807, 2.05) is 41.3 Å². The number of piperidine rings is 1. The van der Waals surface area contributed by atoms with Crippen molar-refractivity contribution in [3.05, 3.63) is 101 Å². The summed E-state index contributed by atoms with van der Waals surface area (Å²) in [5.74, 6) is 0. The molecular formula is C28H27F6N3O2. The minimum absolute atomic E-state index is 0.106. The van der Waals surface area contributed by atoms with E-state index >= 15 is 0 Å². The van der Waals surface area contributed by atoms with E-state index in [2.05, 4.69) is 4.98 Å². The fourth-order valence-corrected chi connectivity index (χ4v) is 4.82. The van der Waals surface area contributed by atoms with Crippen molar-refractivity contribution in [3.63, 3.8) is 0 Å². The third-order valence-corrected chi connectivity index (χ3v) is 6.55. The molecule has 0 spiro atoms. The fraction of sp³-hybridized carbons (Fsp3) is 0.357. The van der Waals surface area contributed by atoms with Gasteiger partial charge in [-0.05, 0) is 53.8 Å². The summed E-state index contributed by atoms with van der Waals surface area (Å²) < 4.78 is 86.0. The molecule has 1 aliphatic rings. The van der Waals surface area contributed by atoms with Crippen LogP contribution in [0, 0.1) is 0 Å². The van der Waals surface area contributed by atoms with Gasteiger partial charge in [-0.3, -0.25) is 14.7 Å². The van der Waals surface area contributed by atoms with E-state index in [0.717, 1.165) is 17.5 Å². The first-order chi connectivity index (χ1) is 18.5. The third-order valence-electron chi connectivity index (χ3n) is 6.55. The van der Waals surface area contributed by atoms with Crippen LogP contribution in [0.4, 0.5) is 26.3 Å². The molecule has 1 fully saturated rings. The van der Waals surface area contributed by atoms with Gasteiger partial charge in [-0.2, -0.15) is 26.3 Å². The van der Waals surface area contributed by atoms with Gasteiger partial charge in [0.1, 0.15) is 0 Å². The van der Waals surface area contributed by atoms with Crippen LogP contribution in [0.15, 0.2) is 73.1 Å². The molecule has 1 aromatic heterocycles. The summed E-state index contributed by atoms with van der Waals surface area (Å²) in [5.41, 5.74) is -1.26. The summed E-state index contributed by atoms with van der Waals surface area (Å²) in [5, 5.41) is 0. The second-order valence-electron chi connectivity index (χ2n) is 9.43. The molecule has 0 bridgehead atoms. The summed E-state index contributed by atoms with van der Waals surface area (Å²) in [7, 11) is 0. The van der Waals surface area contributed by atoms with E-state index in [4.69, 9.17) is 4.74 Å². The molecule has 1 aliphatic heterocycles. The Morgan fingerprint density at radius 1 is 0.949 bits per heavy atom. The lowest BCUT2D eigenvalue weighted by molar-refractivity contribution is -0.143. The topological polar surface area (TPSA) is 45.7 Å². The second-order valence-corrected chi connectivity index (χ2v) is 9.43. The van der Waals surface area contributed by atoms with E-state index in [-0.39, 0.29) is 24.3 Å². The lowest BCUT2D eigenvalue weighted by Gasteiger charge is -2.43. The average molecular weight is 552 g/mol. The fourth-order valence-electron chi connectivity index (χ4n) is 4.82. The van der Waals surface area contributed by atoms with Crippen molar-refractivity contribution in [2.75, 3.05) is 13.2 Å². The number of halogens is 6. The van der Waals surface area contributed by atoms with Crippen molar-refractivity contribution >= 4 is 6.41 Å². The van der Waals surface area contributed by atoms with Gasteiger partial charge in [0.25, 0.3) is 0 Å². The molecule has 1 saturated heterocycles. The molecule has 4 rings (SSSR count). The van der Waals surface area contributed by atoms with Crippen molar-refractivity contribution in [2.45, 2.75) is 50.5 Å². The highest BCUT2D eigenvalue weighted by Crippen LogP contribution is 2.38. The Hall–Kier alpha value is -3.44. The smallest absolute Gasteiger partial charge is 0.372 e. The first-order valence-corrected chi connectivity index (χ1v) is 12.3. The van der Waals surface area contributed by atoms with E-state index in [1.165, 1.54) is 0 Å². The van der Waals surface area contributed by atoms with Crippen LogP contribution in [0.2, 0.25) is 0 Å². The second kappa shape index (κ2) is 12.2. The maximum absolute atomic E-state index is 13.3. The predicted molar refractivity (Wildman–Crippen MR) is 131 cm³/mol. The third kappa shape index (κ3) is 7.57. The number of aromatic nitrogens is 1. The van der Waals surface area contributed by atoms with E-state index in [0.29, 0.717) is 38.1 Å². The molecule has 0 saturated carbocycles. The van der Waals surface area contributed by atoms with Gasteiger partial charge in [-0.25, -0.2) is 0 Å². The molecule has 0 N–H and O–H groups in total. The zero-order valence-corrected chi connectivity index (χ0v) is 20.8. The molecule has 0 aliphatic carbocycles. The van der Waals surface area contributed by atoms with E-state index in [9.17, 15) is 31.1 Å². The van der Waals surface area contributed by atoms with Gasteiger partial charge < -0.3 is 9.64 Å². The Labute approximate surface area is 222 Å². The van der Waals surface area contributed by atoms with Crippen LogP contribution in [0.25, 0.3) is 0 Å².